The number of benzene rings is 2. The molecule has 0 bridgehead atoms. The fraction of sp³-hybridized carbons (Fsp3) is 0.0714. The number of halogens is 2. The van der Waals surface area contributed by atoms with E-state index in [9.17, 15) is 4.79 Å². The molecule has 0 atom stereocenters. The Balaban J connectivity index is 0.000000134. The van der Waals surface area contributed by atoms with Crippen molar-refractivity contribution in [1.29, 1.82) is 0 Å². The van der Waals surface area contributed by atoms with Crippen LogP contribution < -0.4 is 0 Å². The van der Waals surface area contributed by atoms with Gasteiger partial charge >= 0.3 is 0 Å². The SMILES string of the molecule is Clc1cc2ccc1=2.O=C(CCl)c1ccccc1. The van der Waals surface area contributed by atoms with E-state index in [1.165, 1.54) is 10.4 Å². The number of hydrogen-bond donors (Lipinski definition) is 0. The third kappa shape index (κ3) is 2.68. The van der Waals surface area contributed by atoms with E-state index < -0.39 is 0 Å². The average molecular weight is 265 g/mol. The Morgan fingerprint density at radius 2 is 1.76 bits per heavy atom. The second-order valence-corrected chi connectivity index (χ2v) is 4.29. The van der Waals surface area contributed by atoms with E-state index in [0.29, 0.717) is 5.56 Å². The van der Waals surface area contributed by atoms with E-state index in [1.807, 2.05) is 30.3 Å². The van der Waals surface area contributed by atoms with Crippen LogP contribution in [-0.4, -0.2) is 11.7 Å². The van der Waals surface area contributed by atoms with Crippen LogP contribution in [0.1, 0.15) is 10.4 Å². The predicted molar refractivity (Wildman–Crippen MR) is 70.6 cm³/mol. The number of rotatable bonds is 2. The molecule has 0 fully saturated rings. The summed E-state index contributed by atoms with van der Waals surface area (Å²) in [6, 6.07) is 15.1. The summed E-state index contributed by atoms with van der Waals surface area (Å²) in [6.07, 6.45) is 0. The van der Waals surface area contributed by atoms with E-state index >= 15 is 0 Å². The molecular formula is C14H10Cl2O. The van der Waals surface area contributed by atoms with Crippen molar-refractivity contribution in [3.8, 4) is 0 Å². The third-order valence-corrected chi connectivity index (χ3v) is 3.05. The van der Waals surface area contributed by atoms with Crippen molar-refractivity contribution in [2.24, 2.45) is 0 Å². The number of alkyl halides is 1. The lowest BCUT2D eigenvalue weighted by molar-refractivity contribution is 0.102. The van der Waals surface area contributed by atoms with Gasteiger partial charge in [-0.1, -0.05) is 54.1 Å². The van der Waals surface area contributed by atoms with Crippen molar-refractivity contribution >= 4 is 29.0 Å². The van der Waals surface area contributed by atoms with Crippen molar-refractivity contribution in [3.63, 3.8) is 0 Å². The van der Waals surface area contributed by atoms with Gasteiger partial charge in [0.15, 0.2) is 5.78 Å². The second kappa shape index (κ2) is 5.35. The minimum atomic E-state index is -0.0257. The number of hydrogen-bond acceptors (Lipinski definition) is 1. The number of carbonyl (C=O) groups excluding carboxylic acids is 1. The highest BCUT2D eigenvalue weighted by atomic mass is 35.5. The quantitative estimate of drug-likeness (QED) is 0.504. The van der Waals surface area contributed by atoms with Crippen LogP contribution in [-0.2, 0) is 0 Å². The van der Waals surface area contributed by atoms with Crippen LogP contribution in [0.4, 0.5) is 0 Å². The van der Waals surface area contributed by atoms with Crippen LogP contribution in [0.3, 0.4) is 0 Å². The summed E-state index contributed by atoms with van der Waals surface area (Å²) in [7, 11) is 0. The second-order valence-electron chi connectivity index (χ2n) is 3.62. The van der Waals surface area contributed by atoms with E-state index in [1.54, 1.807) is 12.1 Å². The van der Waals surface area contributed by atoms with Crippen molar-refractivity contribution in [1.82, 2.24) is 0 Å². The number of Topliss-reactive ketones (excluding diaryl/α,β-unsaturated/α-hetero) is 1. The van der Waals surface area contributed by atoms with Crippen LogP contribution in [0.2, 0.25) is 5.02 Å². The monoisotopic (exact) mass is 264 g/mol. The molecule has 0 aromatic heterocycles. The molecule has 86 valence electrons. The van der Waals surface area contributed by atoms with Crippen LogP contribution in [0.15, 0.2) is 48.5 Å². The molecule has 3 heteroatoms. The maximum atomic E-state index is 10.9. The van der Waals surface area contributed by atoms with Crippen molar-refractivity contribution < 1.29 is 4.79 Å². The molecule has 0 amide bonds. The van der Waals surface area contributed by atoms with Gasteiger partial charge in [0.25, 0.3) is 0 Å². The van der Waals surface area contributed by atoms with Gasteiger partial charge in [0, 0.05) is 15.8 Å². The van der Waals surface area contributed by atoms with Gasteiger partial charge < -0.3 is 0 Å². The molecule has 0 unspecified atom stereocenters. The van der Waals surface area contributed by atoms with Gasteiger partial charge in [0.2, 0.25) is 0 Å². The first-order valence-electron chi connectivity index (χ1n) is 5.16. The van der Waals surface area contributed by atoms with Gasteiger partial charge in [-0.25, -0.2) is 0 Å². The molecule has 2 aliphatic rings. The van der Waals surface area contributed by atoms with Gasteiger partial charge in [0.05, 0.1) is 5.88 Å². The zero-order valence-corrected chi connectivity index (χ0v) is 10.5. The highest BCUT2D eigenvalue weighted by molar-refractivity contribution is 6.31. The lowest BCUT2D eigenvalue weighted by Crippen LogP contribution is -1.98. The molecule has 0 saturated carbocycles. The smallest absolute Gasteiger partial charge is 0.177 e. The molecule has 1 nitrogen and oxygen atoms in total. The average Bonchev–Trinajstić information content (AvgIpc) is 2.36. The normalized spacial score (nSPS) is 10.2. The molecule has 2 aliphatic carbocycles. The molecule has 0 saturated heterocycles. The molecule has 17 heavy (non-hydrogen) atoms. The Morgan fingerprint density at radius 1 is 1.06 bits per heavy atom. The molecule has 1 aromatic rings. The first-order valence-corrected chi connectivity index (χ1v) is 6.08. The Labute approximate surface area is 109 Å². The zero-order chi connectivity index (χ0) is 12.3. The summed E-state index contributed by atoms with van der Waals surface area (Å²) in [4.78, 5) is 10.9. The number of ketones is 1. The number of carbonyl (C=O) groups is 1. The Bertz CT molecular complexity index is 620. The van der Waals surface area contributed by atoms with Gasteiger partial charge in [-0.2, -0.15) is 0 Å². The van der Waals surface area contributed by atoms with Gasteiger partial charge in [0.1, 0.15) is 0 Å². The molecule has 1 aromatic carbocycles. The predicted octanol–water partition coefficient (Wildman–Crippen LogP) is 4.05. The molecule has 0 aliphatic heterocycles. The van der Waals surface area contributed by atoms with Crippen molar-refractivity contribution in [2.75, 3.05) is 5.88 Å². The largest absolute Gasteiger partial charge is 0.293 e. The lowest BCUT2D eigenvalue weighted by Gasteiger charge is -2.01. The molecule has 3 rings (SSSR count). The maximum absolute atomic E-state index is 10.9. The Morgan fingerprint density at radius 3 is 2.06 bits per heavy atom. The molecule has 0 N–H and O–H groups in total. The maximum Gasteiger partial charge on any atom is 0.177 e. The van der Waals surface area contributed by atoms with Crippen LogP contribution in [0, 0.1) is 10.4 Å². The summed E-state index contributed by atoms with van der Waals surface area (Å²) in [5.74, 6) is 0.0339. The van der Waals surface area contributed by atoms with Gasteiger partial charge in [-0.3, -0.25) is 4.79 Å². The summed E-state index contributed by atoms with van der Waals surface area (Å²) in [5, 5.41) is 3.46. The summed E-state index contributed by atoms with van der Waals surface area (Å²) in [6.45, 7) is 0. The first-order chi connectivity index (χ1) is 8.22. The highest BCUT2D eigenvalue weighted by Crippen LogP contribution is 2.20. The van der Waals surface area contributed by atoms with E-state index in [2.05, 4.69) is 6.07 Å². The fourth-order valence-corrected chi connectivity index (χ4v) is 1.89. The van der Waals surface area contributed by atoms with Gasteiger partial charge in [-0.15, -0.1) is 11.6 Å². The third-order valence-electron chi connectivity index (χ3n) is 2.50. The summed E-state index contributed by atoms with van der Waals surface area (Å²) in [5.41, 5.74) is 0.678. The molecular weight excluding hydrogens is 255 g/mol. The minimum Gasteiger partial charge on any atom is -0.293 e. The van der Waals surface area contributed by atoms with Gasteiger partial charge in [-0.05, 0) is 11.3 Å². The van der Waals surface area contributed by atoms with E-state index in [4.69, 9.17) is 23.2 Å². The van der Waals surface area contributed by atoms with Crippen molar-refractivity contribution in [3.05, 3.63) is 69.6 Å². The van der Waals surface area contributed by atoms with E-state index in [-0.39, 0.29) is 11.7 Å². The molecule has 0 heterocycles. The topological polar surface area (TPSA) is 17.1 Å². The van der Waals surface area contributed by atoms with Crippen molar-refractivity contribution in [2.45, 2.75) is 0 Å². The minimum absolute atomic E-state index is 0.0257. The fourth-order valence-electron chi connectivity index (χ4n) is 1.44. The lowest BCUT2D eigenvalue weighted by atomic mass is 10.1. The molecule has 0 radical (unpaired) electrons. The molecule has 0 spiro atoms. The Kier molecular flexibility index (Phi) is 3.82. The van der Waals surface area contributed by atoms with Crippen LogP contribution in [0.5, 0.6) is 0 Å². The van der Waals surface area contributed by atoms with Crippen LogP contribution >= 0.6 is 23.2 Å². The summed E-state index contributed by atoms with van der Waals surface area (Å²) >= 11 is 10.9. The zero-order valence-electron chi connectivity index (χ0n) is 8.99. The highest BCUT2D eigenvalue weighted by Gasteiger charge is 2.00. The summed E-state index contributed by atoms with van der Waals surface area (Å²) < 4.78 is 0. The first kappa shape index (κ1) is 12.2. The standard InChI is InChI=1S/C8H7ClO.C6H3Cl/c9-6-8(10)7-4-2-1-3-5-7;7-6-3-4-1-2-5(4)6/h1-5H,6H2;1-3H. The van der Waals surface area contributed by atoms with Crippen LogP contribution in [0.25, 0.3) is 0 Å². The Hall–Kier alpha value is -1.31. The van der Waals surface area contributed by atoms with E-state index in [0.717, 1.165) is 5.02 Å².